The Hall–Kier alpha value is -4.08. The quantitative estimate of drug-likeness (QED) is 0.0877. The zero-order valence-corrected chi connectivity index (χ0v) is 32.5. The first-order valence-electron chi connectivity index (χ1n) is 18.0. The molecule has 0 saturated carbocycles. The Morgan fingerprint density at radius 3 is 2.02 bits per heavy atom. The van der Waals surface area contributed by atoms with E-state index in [2.05, 4.69) is 43.8 Å². The highest BCUT2D eigenvalue weighted by Gasteiger charge is 2.47. The van der Waals surface area contributed by atoms with Crippen molar-refractivity contribution in [1.29, 1.82) is 5.26 Å². The number of carbonyl (C=O) groups is 2. The van der Waals surface area contributed by atoms with Gasteiger partial charge in [0.25, 0.3) is 8.53 Å². The number of hydrogen-bond donors (Lipinski definition) is 1. The average molecular weight is 747 g/mol. The number of hydrogen-bond acceptors (Lipinski definition) is 10. The molecule has 3 aromatic rings. The van der Waals surface area contributed by atoms with E-state index in [4.69, 9.17) is 28.0 Å². The molecule has 0 radical (unpaired) electrons. The van der Waals surface area contributed by atoms with Crippen molar-refractivity contribution in [3.05, 3.63) is 95.6 Å². The third-order valence-electron chi connectivity index (χ3n) is 9.46. The molecule has 1 unspecified atom stereocenters. The number of nitrogens with one attached hydrogen (secondary N) is 1. The van der Waals surface area contributed by atoms with E-state index in [0.717, 1.165) is 16.7 Å². The molecule has 3 aromatic carbocycles. The highest BCUT2D eigenvalue weighted by Crippen LogP contribution is 2.50. The van der Waals surface area contributed by atoms with Crippen LogP contribution in [0.3, 0.4) is 0 Å². The van der Waals surface area contributed by atoms with Crippen molar-refractivity contribution in [3.8, 4) is 17.6 Å². The number of nitriles is 1. The van der Waals surface area contributed by atoms with Gasteiger partial charge in [0, 0.05) is 25.0 Å². The molecule has 0 aromatic heterocycles. The molecule has 5 atom stereocenters. The minimum Gasteiger partial charge on any atom is -0.497 e. The van der Waals surface area contributed by atoms with Crippen molar-refractivity contribution in [2.24, 2.45) is 5.92 Å². The van der Waals surface area contributed by atoms with Gasteiger partial charge >= 0.3 is 6.03 Å². The van der Waals surface area contributed by atoms with Crippen LogP contribution in [0.25, 0.3) is 0 Å². The molecular weight excluding hydrogens is 695 g/mol. The predicted molar refractivity (Wildman–Crippen MR) is 201 cm³/mol. The minimum atomic E-state index is -1.65. The van der Waals surface area contributed by atoms with Crippen molar-refractivity contribution in [1.82, 2.24) is 14.9 Å². The highest BCUT2D eigenvalue weighted by atomic mass is 31.2. The van der Waals surface area contributed by atoms with Crippen LogP contribution in [0, 0.1) is 17.2 Å². The second-order valence-electron chi connectivity index (χ2n) is 13.7. The summed E-state index contributed by atoms with van der Waals surface area (Å²) in [5.74, 6) is 0.684. The maximum absolute atomic E-state index is 13.2. The molecule has 5 rings (SSSR count). The van der Waals surface area contributed by atoms with E-state index >= 15 is 0 Å². The summed E-state index contributed by atoms with van der Waals surface area (Å²) in [5, 5.41) is 11.8. The Morgan fingerprint density at radius 1 is 0.925 bits per heavy atom. The number of ether oxygens (including phenoxy) is 4. The van der Waals surface area contributed by atoms with Crippen molar-refractivity contribution in [2.75, 3.05) is 34.0 Å². The third-order valence-corrected chi connectivity index (χ3v) is 11.6. The van der Waals surface area contributed by atoms with Crippen LogP contribution in [0.15, 0.2) is 78.9 Å². The molecule has 0 aliphatic carbocycles. The molecule has 12 nitrogen and oxygen atoms in total. The van der Waals surface area contributed by atoms with Gasteiger partial charge in [0.15, 0.2) is 0 Å². The van der Waals surface area contributed by atoms with Gasteiger partial charge in [-0.2, -0.15) is 5.26 Å². The molecule has 13 heteroatoms. The van der Waals surface area contributed by atoms with Crippen molar-refractivity contribution in [2.45, 2.75) is 83.6 Å². The number of nitrogens with zero attached hydrogens (tertiary/aromatic N) is 3. The van der Waals surface area contributed by atoms with Gasteiger partial charge in [0.05, 0.1) is 51.9 Å². The van der Waals surface area contributed by atoms with Crippen LogP contribution in [-0.4, -0.2) is 86.0 Å². The van der Waals surface area contributed by atoms with Gasteiger partial charge in [-0.3, -0.25) is 15.0 Å². The Bertz CT molecular complexity index is 1630. The zero-order chi connectivity index (χ0) is 38.1. The number of urea groups is 1. The summed E-state index contributed by atoms with van der Waals surface area (Å²) >= 11 is 0. The maximum atomic E-state index is 13.2. The van der Waals surface area contributed by atoms with Crippen LogP contribution in [0.5, 0.6) is 11.5 Å². The van der Waals surface area contributed by atoms with Crippen LogP contribution in [-0.2, 0) is 28.9 Å². The molecule has 1 N–H and O–H groups in total. The molecule has 0 spiro atoms. The molecule has 2 heterocycles. The molecule has 2 aliphatic heterocycles. The average Bonchev–Trinajstić information content (AvgIpc) is 3.56. The largest absolute Gasteiger partial charge is 0.497 e. The second kappa shape index (κ2) is 18.3. The lowest BCUT2D eigenvalue weighted by Gasteiger charge is -2.39. The Morgan fingerprint density at radius 2 is 1.49 bits per heavy atom. The monoisotopic (exact) mass is 746 g/mol. The fraction of sp³-hybridized carbons (Fsp3) is 0.475. The van der Waals surface area contributed by atoms with Gasteiger partial charge in [0.2, 0.25) is 5.91 Å². The number of benzene rings is 3. The van der Waals surface area contributed by atoms with Crippen molar-refractivity contribution in [3.63, 3.8) is 0 Å². The van der Waals surface area contributed by atoms with Crippen molar-refractivity contribution < 1.29 is 37.6 Å². The van der Waals surface area contributed by atoms with E-state index < -0.39 is 44.5 Å². The normalized spacial score (nSPS) is 21.2. The smallest absolute Gasteiger partial charge is 0.326 e. The minimum absolute atomic E-state index is 0.0583. The van der Waals surface area contributed by atoms with Crippen molar-refractivity contribution >= 4 is 20.5 Å². The fourth-order valence-electron chi connectivity index (χ4n) is 6.85. The number of carbonyl (C=O) groups excluding carboxylic acids is 2. The van der Waals surface area contributed by atoms with E-state index in [9.17, 15) is 14.9 Å². The van der Waals surface area contributed by atoms with Crippen LogP contribution in [0.1, 0.15) is 64.2 Å². The van der Waals surface area contributed by atoms with E-state index in [1.165, 1.54) is 0 Å². The Labute approximate surface area is 314 Å². The topological polar surface area (TPSA) is 132 Å². The van der Waals surface area contributed by atoms with Crippen LogP contribution in [0.4, 0.5) is 4.79 Å². The predicted octanol–water partition coefficient (Wildman–Crippen LogP) is 6.98. The standard InChI is InChI=1S/C40H51N4O8P/c1-27(2)44(28(3)4)53(50-23-11-22-41)52-35-24-37(43-25-29(5)38(45)42-39(43)46)51-36(35)26-49-40(30-12-9-8-10-13-30,31-14-18-33(47-6)19-15-31)32-16-20-34(48-7)21-17-32/h8-10,12-21,27-29,35-37H,11,23-26H2,1-7H3,(H,42,45,46)/t29-,35-,36+,37+,53?/m0/s1. The summed E-state index contributed by atoms with van der Waals surface area (Å²) in [6.07, 6.45) is -1.40. The molecular formula is C40H51N4O8P. The van der Waals surface area contributed by atoms with Gasteiger partial charge in [-0.05, 0) is 68.7 Å². The summed E-state index contributed by atoms with van der Waals surface area (Å²) in [5.41, 5.74) is 1.48. The molecule has 284 valence electrons. The SMILES string of the molecule is COc1ccc(C(OC[C@H]2O[C@@H](N3C[C@H](C)C(=O)NC3=O)C[C@@H]2OP(OCCC#N)N(C(C)C)C(C)C)(c2ccccc2)c2ccc(OC)cc2)cc1. The summed E-state index contributed by atoms with van der Waals surface area (Å²) < 4.78 is 40.3. The molecule has 2 fully saturated rings. The lowest BCUT2D eigenvalue weighted by Crippen LogP contribution is -2.57. The molecule has 2 saturated heterocycles. The van der Waals surface area contributed by atoms with Crippen LogP contribution in [0.2, 0.25) is 0 Å². The van der Waals surface area contributed by atoms with Gasteiger partial charge in [0.1, 0.15) is 29.4 Å². The van der Waals surface area contributed by atoms with E-state index in [1.807, 2.05) is 78.9 Å². The first-order chi connectivity index (χ1) is 25.5. The van der Waals surface area contributed by atoms with Gasteiger partial charge in [-0.1, -0.05) is 61.5 Å². The number of rotatable bonds is 17. The first-order valence-corrected chi connectivity index (χ1v) is 19.2. The lowest BCUT2D eigenvalue weighted by molar-refractivity contribution is -0.130. The Balaban J connectivity index is 1.57. The number of methoxy groups -OCH3 is 2. The van der Waals surface area contributed by atoms with Crippen LogP contribution >= 0.6 is 8.53 Å². The lowest BCUT2D eigenvalue weighted by atomic mass is 9.80. The number of imide groups is 1. The van der Waals surface area contributed by atoms with E-state index in [1.54, 1.807) is 26.0 Å². The second-order valence-corrected chi connectivity index (χ2v) is 15.1. The summed E-state index contributed by atoms with van der Waals surface area (Å²) in [6, 6.07) is 27.4. The highest BCUT2D eigenvalue weighted by molar-refractivity contribution is 7.44. The van der Waals surface area contributed by atoms with Gasteiger partial charge in [-0.25, -0.2) is 9.46 Å². The molecule has 53 heavy (non-hydrogen) atoms. The third kappa shape index (κ3) is 9.18. The first kappa shape index (κ1) is 40.1. The number of amides is 3. The molecule has 2 aliphatic rings. The summed E-state index contributed by atoms with van der Waals surface area (Å²) in [7, 11) is 1.61. The van der Waals surface area contributed by atoms with E-state index in [-0.39, 0.29) is 44.2 Å². The van der Waals surface area contributed by atoms with Gasteiger partial charge in [-0.15, -0.1) is 0 Å². The van der Waals surface area contributed by atoms with Gasteiger partial charge < -0.3 is 28.0 Å². The molecule has 0 bridgehead atoms. The maximum Gasteiger partial charge on any atom is 0.326 e. The zero-order valence-electron chi connectivity index (χ0n) is 31.6. The summed E-state index contributed by atoms with van der Waals surface area (Å²) in [4.78, 5) is 27.1. The van der Waals surface area contributed by atoms with Crippen LogP contribution < -0.4 is 14.8 Å². The molecule has 3 amide bonds. The Kier molecular flexibility index (Phi) is 13.9. The fourth-order valence-corrected chi connectivity index (χ4v) is 8.61. The summed E-state index contributed by atoms with van der Waals surface area (Å²) in [6.45, 7) is 10.6. The van der Waals surface area contributed by atoms with E-state index in [0.29, 0.717) is 17.9 Å².